The van der Waals surface area contributed by atoms with Crippen molar-refractivity contribution >= 4 is 5.96 Å². The van der Waals surface area contributed by atoms with Crippen molar-refractivity contribution in [1.82, 2.24) is 10.6 Å². The normalized spacial score (nSPS) is 16.4. The number of nitrogens with zero attached hydrogens (tertiary/aromatic N) is 1. The van der Waals surface area contributed by atoms with E-state index in [1.807, 2.05) is 0 Å². The largest absolute Gasteiger partial charge is 0.356 e. The molecule has 110 valence electrons. The van der Waals surface area contributed by atoms with Gasteiger partial charge >= 0.3 is 0 Å². The van der Waals surface area contributed by atoms with E-state index in [2.05, 4.69) is 15.6 Å². The Labute approximate surface area is 118 Å². The minimum absolute atomic E-state index is 0.383. The van der Waals surface area contributed by atoms with Gasteiger partial charge in [-0.3, -0.25) is 4.99 Å². The van der Waals surface area contributed by atoms with Crippen molar-refractivity contribution < 1.29 is 8.78 Å². The summed E-state index contributed by atoms with van der Waals surface area (Å²) in [4.78, 5) is 4.15. The molecule has 0 aliphatic heterocycles. The minimum Gasteiger partial charge on any atom is -0.356 e. The molecule has 0 radical (unpaired) electrons. The van der Waals surface area contributed by atoms with Gasteiger partial charge in [0.2, 0.25) is 0 Å². The van der Waals surface area contributed by atoms with Crippen molar-refractivity contribution in [1.29, 1.82) is 0 Å². The lowest BCUT2D eigenvalue weighted by atomic mass is 10.1. The van der Waals surface area contributed by atoms with Crippen molar-refractivity contribution in [2.75, 3.05) is 13.6 Å². The maximum absolute atomic E-state index is 13.5. The number of nitrogens with one attached hydrogen (secondary N) is 2. The van der Waals surface area contributed by atoms with E-state index < -0.39 is 11.6 Å². The maximum Gasteiger partial charge on any atom is 0.191 e. The number of hydrogen-bond donors (Lipinski definition) is 2. The second-order valence-corrected chi connectivity index (χ2v) is 5.09. The van der Waals surface area contributed by atoms with Gasteiger partial charge in [-0.05, 0) is 30.9 Å². The van der Waals surface area contributed by atoms with E-state index in [9.17, 15) is 8.78 Å². The Balaban J connectivity index is 1.80. The van der Waals surface area contributed by atoms with Crippen LogP contribution in [0.2, 0.25) is 0 Å². The van der Waals surface area contributed by atoms with Crippen molar-refractivity contribution in [2.24, 2.45) is 4.99 Å². The molecule has 0 bridgehead atoms. The Morgan fingerprint density at radius 2 is 2.05 bits per heavy atom. The van der Waals surface area contributed by atoms with Crippen LogP contribution in [0.4, 0.5) is 8.78 Å². The molecule has 5 heteroatoms. The average Bonchev–Trinajstić information content (AvgIpc) is 2.95. The second-order valence-electron chi connectivity index (χ2n) is 5.09. The van der Waals surface area contributed by atoms with Gasteiger partial charge in [0.15, 0.2) is 17.6 Å². The molecular formula is C15H21F2N3. The number of aliphatic imine (C=N–C) groups is 1. The molecule has 2 rings (SSSR count). The van der Waals surface area contributed by atoms with Crippen LogP contribution in [-0.4, -0.2) is 25.6 Å². The molecule has 0 amide bonds. The lowest BCUT2D eigenvalue weighted by Crippen LogP contribution is -2.43. The highest BCUT2D eigenvalue weighted by Crippen LogP contribution is 2.17. The third-order valence-electron chi connectivity index (χ3n) is 3.64. The second kappa shape index (κ2) is 7.22. The first-order chi connectivity index (χ1) is 9.70. The predicted octanol–water partition coefficient (Wildman–Crippen LogP) is 2.61. The van der Waals surface area contributed by atoms with Gasteiger partial charge in [-0.2, -0.15) is 0 Å². The summed E-state index contributed by atoms with van der Waals surface area (Å²) in [6.07, 6.45) is 5.26. The number of hydrogen-bond acceptors (Lipinski definition) is 1. The van der Waals surface area contributed by atoms with Gasteiger partial charge in [-0.15, -0.1) is 0 Å². The first-order valence-electron chi connectivity index (χ1n) is 7.11. The van der Waals surface area contributed by atoms with Crippen LogP contribution in [0.1, 0.15) is 31.2 Å². The van der Waals surface area contributed by atoms with Crippen molar-refractivity contribution in [2.45, 2.75) is 38.1 Å². The smallest absolute Gasteiger partial charge is 0.191 e. The van der Waals surface area contributed by atoms with Crippen molar-refractivity contribution in [3.05, 3.63) is 35.4 Å². The lowest BCUT2D eigenvalue weighted by Gasteiger charge is -2.16. The lowest BCUT2D eigenvalue weighted by molar-refractivity contribution is 0.498. The van der Waals surface area contributed by atoms with Crippen LogP contribution in [0.15, 0.2) is 23.2 Å². The highest BCUT2D eigenvalue weighted by Gasteiger charge is 2.15. The third-order valence-corrected chi connectivity index (χ3v) is 3.64. The van der Waals surface area contributed by atoms with Gasteiger partial charge in [0.1, 0.15) is 0 Å². The molecule has 1 fully saturated rings. The predicted molar refractivity (Wildman–Crippen MR) is 76.8 cm³/mol. The third kappa shape index (κ3) is 3.92. The Kier molecular flexibility index (Phi) is 5.32. The van der Waals surface area contributed by atoms with E-state index >= 15 is 0 Å². The summed E-state index contributed by atoms with van der Waals surface area (Å²) in [5.74, 6) is -0.822. The van der Waals surface area contributed by atoms with E-state index in [1.54, 1.807) is 13.1 Å². The first-order valence-corrected chi connectivity index (χ1v) is 7.11. The molecule has 1 aromatic carbocycles. The van der Waals surface area contributed by atoms with Crippen LogP contribution in [0.3, 0.4) is 0 Å². The highest BCUT2D eigenvalue weighted by molar-refractivity contribution is 5.79. The zero-order chi connectivity index (χ0) is 14.4. The number of guanidine groups is 1. The fourth-order valence-corrected chi connectivity index (χ4v) is 2.52. The van der Waals surface area contributed by atoms with Gasteiger partial charge in [0, 0.05) is 19.6 Å². The summed E-state index contributed by atoms with van der Waals surface area (Å²) < 4.78 is 26.6. The molecule has 2 N–H and O–H groups in total. The van der Waals surface area contributed by atoms with Gasteiger partial charge < -0.3 is 10.6 Å². The van der Waals surface area contributed by atoms with Crippen LogP contribution in [-0.2, 0) is 6.42 Å². The van der Waals surface area contributed by atoms with E-state index in [0.29, 0.717) is 24.6 Å². The SMILES string of the molecule is CN=C(NCCc1cccc(F)c1F)NC1CCCC1. The van der Waals surface area contributed by atoms with E-state index in [4.69, 9.17) is 0 Å². The molecule has 3 nitrogen and oxygen atoms in total. The average molecular weight is 281 g/mol. The van der Waals surface area contributed by atoms with E-state index in [1.165, 1.54) is 31.7 Å². The first kappa shape index (κ1) is 14.8. The molecule has 0 unspecified atom stereocenters. The fraction of sp³-hybridized carbons (Fsp3) is 0.533. The van der Waals surface area contributed by atoms with Crippen molar-refractivity contribution in [3.8, 4) is 0 Å². The Morgan fingerprint density at radius 3 is 2.75 bits per heavy atom. The molecule has 1 aromatic rings. The van der Waals surface area contributed by atoms with Crippen LogP contribution < -0.4 is 10.6 Å². The van der Waals surface area contributed by atoms with Gasteiger partial charge in [0.05, 0.1) is 0 Å². The minimum atomic E-state index is -0.795. The van der Waals surface area contributed by atoms with Gasteiger partial charge in [-0.25, -0.2) is 8.78 Å². The van der Waals surface area contributed by atoms with Gasteiger partial charge in [-0.1, -0.05) is 25.0 Å². The summed E-state index contributed by atoms with van der Waals surface area (Å²) >= 11 is 0. The Hall–Kier alpha value is -1.65. The fourth-order valence-electron chi connectivity index (χ4n) is 2.52. The monoisotopic (exact) mass is 281 g/mol. The van der Waals surface area contributed by atoms with Gasteiger partial charge in [0.25, 0.3) is 0 Å². The molecule has 1 aliphatic rings. The summed E-state index contributed by atoms with van der Waals surface area (Å²) in [5.41, 5.74) is 0.383. The molecule has 1 aliphatic carbocycles. The highest BCUT2D eigenvalue weighted by atomic mass is 19.2. The number of halogens is 2. The molecular weight excluding hydrogens is 260 g/mol. The summed E-state index contributed by atoms with van der Waals surface area (Å²) in [7, 11) is 1.72. The summed E-state index contributed by atoms with van der Waals surface area (Å²) in [6, 6.07) is 4.74. The zero-order valence-corrected chi connectivity index (χ0v) is 11.8. The van der Waals surface area contributed by atoms with Crippen LogP contribution in [0.5, 0.6) is 0 Å². The summed E-state index contributed by atoms with van der Waals surface area (Å²) in [6.45, 7) is 0.521. The molecule has 0 spiro atoms. The number of benzene rings is 1. The Bertz CT molecular complexity index is 468. The molecule has 1 saturated carbocycles. The quantitative estimate of drug-likeness (QED) is 0.657. The maximum atomic E-state index is 13.5. The number of rotatable bonds is 4. The zero-order valence-electron chi connectivity index (χ0n) is 11.8. The van der Waals surface area contributed by atoms with Crippen molar-refractivity contribution in [3.63, 3.8) is 0 Å². The van der Waals surface area contributed by atoms with Crippen LogP contribution >= 0.6 is 0 Å². The molecule has 0 heterocycles. The standard InChI is InChI=1S/C15H21F2N3/c1-18-15(20-12-6-2-3-7-12)19-10-9-11-5-4-8-13(16)14(11)17/h4-5,8,12H,2-3,6-7,9-10H2,1H3,(H2,18,19,20). The van der Waals surface area contributed by atoms with E-state index in [0.717, 1.165) is 12.0 Å². The molecule has 20 heavy (non-hydrogen) atoms. The topological polar surface area (TPSA) is 36.4 Å². The molecule has 0 atom stereocenters. The van der Waals surface area contributed by atoms with Crippen LogP contribution in [0, 0.1) is 11.6 Å². The molecule has 0 aromatic heterocycles. The summed E-state index contributed by atoms with van der Waals surface area (Å²) in [5, 5.41) is 6.49. The Morgan fingerprint density at radius 1 is 1.30 bits per heavy atom. The van der Waals surface area contributed by atoms with E-state index in [-0.39, 0.29) is 0 Å². The van der Waals surface area contributed by atoms with Crippen LogP contribution in [0.25, 0.3) is 0 Å². The molecule has 0 saturated heterocycles.